The summed E-state index contributed by atoms with van der Waals surface area (Å²) < 4.78 is 18.9. The van der Waals surface area contributed by atoms with Crippen LogP contribution in [0.1, 0.15) is 23.6 Å². The Kier molecular flexibility index (Phi) is 3.11. The summed E-state index contributed by atoms with van der Waals surface area (Å²) in [5.41, 5.74) is 2.77. The third-order valence-electron chi connectivity index (χ3n) is 3.46. The largest absolute Gasteiger partial charge is 0.493 e. The quantitative estimate of drug-likeness (QED) is 0.875. The fourth-order valence-corrected chi connectivity index (χ4v) is 2.43. The van der Waals surface area contributed by atoms with Crippen LogP contribution in [0.4, 0.5) is 10.1 Å². The van der Waals surface area contributed by atoms with Crippen LogP contribution in [-0.4, -0.2) is 6.61 Å². The Hall–Kier alpha value is -2.03. The van der Waals surface area contributed by atoms with Gasteiger partial charge >= 0.3 is 0 Å². The molecular weight excluding hydrogens is 241 g/mol. The van der Waals surface area contributed by atoms with Gasteiger partial charge in [0.05, 0.1) is 12.6 Å². The summed E-state index contributed by atoms with van der Waals surface area (Å²) in [5.74, 6) is 0.767. The second-order valence-corrected chi connectivity index (χ2v) is 4.84. The lowest BCUT2D eigenvalue weighted by atomic mass is 10.00. The van der Waals surface area contributed by atoms with Crippen LogP contribution >= 0.6 is 0 Å². The van der Waals surface area contributed by atoms with Crippen LogP contribution < -0.4 is 10.1 Å². The van der Waals surface area contributed by atoms with E-state index in [4.69, 9.17) is 4.74 Å². The normalized spacial score (nSPS) is 17.5. The predicted molar refractivity (Wildman–Crippen MR) is 74.1 cm³/mol. The molecule has 0 saturated heterocycles. The minimum Gasteiger partial charge on any atom is -0.493 e. The number of aryl methyl sites for hydroxylation is 1. The van der Waals surface area contributed by atoms with Crippen molar-refractivity contribution < 1.29 is 9.13 Å². The van der Waals surface area contributed by atoms with E-state index in [1.165, 1.54) is 6.07 Å². The minimum atomic E-state index is -0.169. The minimum absolute atomic E-state index is 0.169. The van der Waals surface area contributed by atoms with Crippen molar-refractivity contribution >= 4 is 5.69 Å². The third kappa shape index (κ3) is 2.41. The van der Waals surface area contributed by atoms with Gasteiger partial charge in [0.25, 0.3) is 0 Å². The lowest BCUT2D eigenvalue weighted by Crippen LogP contribution is -2.20. The number of para-hydroxylation sites is 1. The molecule has 98 valence electrons. The molecule has 2 aromatic rings. The third-order valence-corrected chi connectivity index (χ3v) is 3.46. The summed E-state index contributed by atoms with van der Waals surface area (Å²) in [6.07, 6.45) is 0.910. The molecule has 1 aliphatic rings. The molecule has 2 aromatic carbocycles. The van der Waals surface area contributed by atoms with Crippen LogP contribution in [0.2, 0.25) is 0 Å². The Morgan fingerprint density at radius 3 is 2.89 bits per heavy atom. The highest BCUT2D eigenvalue weighted by molar-refractivity contribution is 5.50. The van der Waals surface area contributed by atoms with Gasteiger partial charge in [-0.2, -0.15) is 0 Å². The highest BCUT2D eigenvalue weighted by Crippen LogP contribution is 2.34. The van der Waals surface area contributed by atoms with Crippen molar-refractivity contribution in [3.8, 4) is 5.75 Å². The molecule has 0 radical (unpaired) electrons. The zero-order chi connectivity index (χ0) is 13.2. The molecule has 1 aliphatic heterocycles. The SMILES string of the molecule is Cc1cc(NC2CCOc3ccccc32)ccc1F. The van der Waals surface area contributed by atoms with Gasteiger partial charge in [-0.3, -0.25) is 0 Å². The average molecular weight is 257 g/mol. The average Bonchev–Trinajstić information content (AvgIpc) is 2.43. The first kappa shape index (κ1) is 12.0. The van der Waals surface area contributed by atoms with E-state index < -0.39 is 0 Å². The molecule has 1 unspecified atom stereocenters. The molecule has 2 nitrogen and oxygen atoms in total. The molecule has 0 fully saturated rings. The van der Waals surface area contributed by atoms with E-state index in [-0.39, 0.29) is 11.9 Å². The van der Waals surface area contributed by atoms with Gasteiger partial charge in [0.1, 0.15) is 11.6 Å². The van der Waals surface area contributed by atoms with Crippen LogP contribution in [0.3, 0.4) is 0 Å². The van der Waals surface area contributed by atoms with Gasteiger partial charge < -0.3 is 10.1 Å². The smallest absolute Gasteiger partial charge is 0.126 e. The Labute approximate surface area is 112 Å². The first-order chi connectivity index (χ1) is 9.24. The number of fused-ring (bicyclic) bond motifs is 1. The number of anilines is 1. The van der Waals surface area contributed by atoms with Crippen molar-refractivity contribution in [2.75, 3.05) is 11.9 Å². The van der Waals surface area contributed by atoms with E-state index in [0.717, 1.165) is 23.4 Å². The number of ether oxygens (including phenoxy) is 1. The Morgan fingerprint density at radius 2 is 2.05 bits per heavy atom. The van der Waals surface area contributed by atoms with Crippen LogP contribution in [-0.2, 0) is 0 Å². The number of nitrogens with one attached hydrogen (secondary N) is 1. The summed E-state index contributed by atoms with van der Waals surface area (Å²) in [5, 5.41) is 3.46. The molecule has 0 aliphatic carbocycles. The zero-order valence-corrected chi connectivity index (χ0v) is 10.8. The summed E-state index contributed by atoms with van der Waals surface area (Å²) in [4.78, 5) is 0. The first-order valence-corrected chi connectivity index (χ1v) is 6.48. The topological polar surface area (TPSA) is 21.3 Å². The van der Waals surface area contributed by atoms with E-state index in [2.05, 4.69) is 11.4 Å². The maximum absolute atomic E-state index is 13.3. The number of hydrogen-bond acceptors (Lipinski definition) is 2. The monoisotopic (exact) mass is 257 g/mol. The molecule has 0 aromatic heterocycles. The fourth-order valence-electron chi connectivity index (χ4n) is 2.43. The Balaban J connectivity index is 1.86. The van der Waals surface area contributed by atoms with Crippen LogP contribution in [0.5, 0.6) is 5.75 Å². The van der Waals surface area contributed by atoms with Gasteiger partial charge in [0, 0.05) is 17.7 Å². The second kappa shape index (κ2) is 4.92. The lowest BCUT2D eigenvalue weighted by Gasteiger charge is -2.27. The molecule has 1 atom stereocenters. The fraction of sp³-hybridized carbons (Fsp3) is 0.250. The molecule has 3 rings (SSSR count). The highest BCUT2D eigenvalue weighted by Gasteiger charge is 2.20. The van der Waals surface area contributed by atoms with E-state index in [1.807, 2.05) is 24.3 Å². The molecule has 0 saturated carbocycles. The van der Waals surface area contributed by atoms with E-state index in [0.29, 0.717) is 12.2 Å². The maximum atomic E-state index is 13.3. The van der Waals surface area contributed by atoms with Crippen molar-refractivity contribution in [1.82, 2.24) is 0 Å². The van der Waals surface area contributed by atoms with E-state index >= 15 is 0 Å². The number of rotatable bonds is 2. The number of benzene rings is 2. The summed E-state index contributed by atoms with van der Waals surface area (Å²) in [6, 6.07) is 13.4. The molecule has 1 heterocycles. The second-order valence-electron chi connectivity index (χ2n) is 4.84. The lowest BCUT2D eigenvalue weighted by molar-refractivity contribution is 0.274. The summed E-state index contributed by atoms with van der Waals surface area (Å²) >= 11 is 0. The maximum Gasteiger partial charge on any atom is 0.126 e. The molecular formula is C16H16FNO. The van der Waals surface area contributed by atoms with Crippen molar-refractivity contribution in [3.05, 3.63) is 59.4 Å². The zero-order valence-electron chi connectivity index (χ0n) is 10.8. The van der Waals surface area contributed by atoms with E-state index in [9.17, 15) is 4.39 Å². The standard InChI is InChI=1S/C16H16FNO/c1-11-10-12(6-7-14(11)17)18-15-8-9-19-16-5-3-2-4-13(15)16/h2-7,10,15,18H,8-9H2,1H3. The molecule has 3 heteroatoms. The van der Waals surface area contributed by atoms with E-state index in [1.54, 1.807) is 13.0 Å². The van der Waals surface area contributed by atoms with Crippen molar-refractivity contribution in [1.29, 1.82) is 0 Å². The van der Waals surface area contributed by atoms with Crippen LogP contribution in [0.25, 0.3) is 0 Å². The van der Waals surface area contributed by atoms with Crippen molar-refractivity contribution in [2.45, 2.75) is 19.4 Å². The number of halogens is 1. The van der Waals surface area contributed by atoms with Gasteiger partial charge in [0.15, 0.2) is 0 Å². The van der Waals surface area contributed by atoms with Crippen LogP contribution in [0, 0.1) is 12.7 Å². The van der Waals surface area contributed by atoms with Gasteiger partial charge in [-0.25, -0.2) is 4.39 Å². The first-order valence-electron chi connectivity index (χ1n) is 6.48. The summed E-state index contributed by atoms with van der Waals surface area (Å²) in [6.45, 7) is 2.48. The van der Waals surface area contributed by atoms with Gasteiger partial charge in [-0.15, -0.1) is 0 Å². The van der Waals surface area contributed by atoms with Gasteiger partial charge in [-0.1, -0.05) is 18.2 Å². The van der Waals surface area contributed by atoms with Crippen molar-refractivity contribution in [3.63, 3.8) is 0 Å². The molecule has 0 bridgehead atoms. The molecule has 1 N–H and O–H groups in total. The van der Waals surface area contributed by atoms with Gasteiger partial charge in [0.2, 0.25) is 0 Å². The highest BCUT2D eigenvalue weighted by atomic mass is 19.1. The molecule has 19 heavy (non-hydrogen) atoms. The number of hydrogen-bond donors (Lipinski definition) is 1. The van der Waals surface area contributed by atoms with Gasteiger partial charge in [-0.05, 0) is 36.8 Å². The molecule has 0 spiro atoms. The molecule has 0 amide bonds. The Morgan fingerprint density at radius 1 is 1.21 bits per heavy atom. The Bertz CT molecular complexity index is 597. The van der Waals surface area contributed by atoms with Crippen molar-refractivity contribution in [2.24, 2.45) is 0 Å². The summed E-state index contributed by atoms with van der Waals surface area (Å²) in [7, 11) is 0. The predicted octanol–water partition coefficient (Wildman–Crippen LogP) is 4.07. The van der Waals surface area contributed by atoms with Crippen LogP contribution in [0.15, 0.2) is 42.5 Å².